The lowest BCUT2D eigenvalue weighted by molar-refractivity contribution is 0.0996. The van der Waals surface area contributed by atoms with Gasteiger partial charge in [-0.05, 0) is 50.2 Å². The highest BCUT2D eigenvalue weighted by Gasteiger charge is 2.16. The largest absolute Gasteiger partial charge is 0.470 e. The summed E-state index contributed by atoms with van der Waals surface area (Å²) in [6, 6.07) is 20.0. The van der Waals surface area contributed by atoms with Gasteiger partial charge in [0.25, 0.3) is 18.8 Å². The van der Waals surface area contributed by atoms with Crippen LogP contribution < -0.4 is 15.2 Å². The van der Waals surface area contributed by atoms with Gasteiger partial charge in [0, 0.05) is 35.7 Å². The van der Waals surface area contributed by atoms with Crippen molar-refractivity contribution in [2.75, 3.05) is 0 Å². The summed E-state index contributed by atoms with van der Waals surface area (Å²) in [6.45, 7) is 3.73. The number of rotatable bonds is 13. The van der Waals surface area contributed by atoms with Crippen LogP contribution in [0.4, 0.5) is 17.6 Å². The fourth-order valence-corrected chi connectivity index (χ4v) is 5.44. The number of amides is 1. The minimum absolute atomic E-state index is 0.0662. The number of alkyl halides is 4. The maximum Gasteiger partial charge on any atom is 0.268 e. The Bertz CT molecular complexity index is 2780. The van der Waals surface area contributed by atoms with E-state index in [1.807, 2.05) is 6.07 Å². The number of imidazole rings is 2. The number of nitriles is 1. The van der Waals surface area contributed by atoms with E-state index >= 15 is 0 Å². The van der Waals surface area contributed by atoms with Gasteiger partial charge in [0.2, 0.25) is 11.8 Å². The van der Waals surface area contributed by atoms with Gasteiger partial charge in [0.1, 0.15) is 49.0 Å². The van der Waals surface area contributed by atoms with Crippen LogP contribution in [0.5, 0.6) is 11.8 Å². The number of carbonyl (C=O) groups is 1. The van der Waals surface area contributed by atoms with Crippen molar-refractivity contribution in [3.05, 3.63) is 143 Å². The first-order valence-corrected chi connectivity index (χ1v) is 17.8. The molecule has 308 valence electrons. The summed E-state index contributed by atoms with van der Waals surface area (Å²) >= 11 is 0. The first-order chi connectivity index (χ1) is 29.5. The van der Waals surface area contributed by atoms with Crippen molar-refractivity contribution < 1.29 is 31.8 Å². The van der Waals surface area contributed by atoms with Crippen molar-refractivity contribution in [3.8, 4) is 40.8 Å². The fourth-order valence-electron chi connectivity index (χ4n) is 5.44. The van der Waals surface area contributed by atoms with Crippen molar-refractivity contribution in [3.63, 3.8) is 0 Å². The van der Waals surface area contributed by atoms with E-state index in [1.165, 1.54) is 63.2 Å². The number of aryl methyl sites for hydroxylation is 2. The molecule has 0 radical (unpaired) electrons. The van der Waals surface area contributed by atoms with Crippen LogP contribution >= 0.6 is 0 Å². The summed E-state index contributed by atoms with van der Waals surface area (Å²) in [5.74, 6) is 0.794. The molecule has 0 aliphatic rings. The molecule has 0 spiro atoms. The number of hydrogen-bond donors (Lipinski definition) is 1. The Morgan fingerprint density at radius 1 is 0.656 bits per heavy atom. The number of hydrogen-bond acceptors (Lipinski definition) is 14. The molecule has 23 heteroatoms. The highest BCUT2D eigenvalue weighted by Crippen LogP contribution is 2.23. The Morgan fingerprint density at radius 3 is 1.49 bits per heavy atom. The summed E-state index contributed by atoms with van der Waals surface area (Å²) in [5, 5.41) is 41.1. The van der Waals surface area contributed by atoms with Crippen molar-refractivity contribution in [1.29, 1.82) is 5.26 Å². The molecular weight excluding hydrogens is 805 g/mol. The number of halogens is 4. The zero-order valence-corrected chi connectivity index (χ0v) is 31.8. The smallest absolute Gasteiger partial charge is 0.268 e. The van der Waals surface area contributed by atoms with Crippen LogP contribution in [0.3, 0.4) is 0 Å². The van der Waals surface area contributed by atoms with Crippen LogP contribution in [0.15, 0.2) is 97.8 Å². The van der Waals surface area contributed by atoms with E-state index in [9.17, 15) is 22.4 Å². The molecule has 0 fully saturated rings. The van der Waals surface area contributed by atoms with E-state index in [1.54, 1.807) is 66.9 Å². The third-order valence-corrected chi connectivity index (χ3v) is 8.72. The number of benzene rings is 2. The van der Waals surface area contributed by atoms with Gasteiger partial charge >= 0.3 is 0 Å². The van der Waals surface area contributed by atoms with Gasteiger partial charge in [-0.2, -0.15) is 5.26 Å². The fraction of sp³-hybridized carbons (Fsp3) is 0.158. The molecule has 2 aromatic carbocycles. The summed E-state index contributed by atoms with van der Waals surface area (Å²) in [4.78, 5) is 18.9. The molecule has 6 heterocycles. The van der Waals surface area contributed by atoms with Crippen molar-refractivity contribution in [2.45, 2.75) is 39.9 Å². The Balaban J connectivity index is 0.000000184. The van der Waals surface area contributed by atoms with Crippen LogP contribution in [0.25, 0.3) is 23.0 Å². The van der Waals surface area contributed by atoms with Gasteiger partial charge in [0.05, 0.1) is 22.8 Å². The highest BCUT2D eigenvalue weighted by atomic mass is 19.3. The van der Waals surface area contributed by atoms with E-state index in [4.69, 9.17) is 20.5 Å². The molecule has 8 rings (SSSR count). The van der Waals surface area contributed by atoms with Crippen molar-refractivity contribution in [2.24, 2.45) is 5.73 Å². The standard InChI is InChI=1S/C19H16F2N8O2.C19H14F2N8O/c1-11-15(29(27-24-11)13-4-2-12(3-5-13)18(20)21)9-31-17-7-6-16(25-26-17)28-8-14(19(22)30)23-10-28;1-12-16(29(27-24-12)15-4-2-13(3-5-15)19(20)21)10-30-18-7-6-17(25-26-18)28-9-14(8-22)23-11-28/h2-8,10,18H,9H2,1H3,(H2,22,30);2-7,9,11,19H,10H2,1H3. The molecule has 0 atom stereocenters. The molecule has 61 heavy (non-hydrogen) atoms. The molecule has 8 aromatic rings. The minimum Gasteiger partial charge on any atom is -0.470 e. The Labute approximate surface area is 341 Å². The second kappa shape index (κ2) is 18.0. The van der Waals surface area contributed by atoms with E-state index in [0.29, 0.717) is 45.8 Å². The quantitative estimate of drug-likeness (QED) is 0.149. The molecule has 0 bridgehead atoms. The summed E-state index contributed by atoms with van der Waals surface area (Å²) in [5.41, 5.74) is 9.15. The first kappa shape index (κ1) is 40.8. The number of carbonyl (C=O) groups excluding carboxylic acids is 1. The van der Waals surface area contributed by atoms with Crippen LogP contribution in [-0.4, -0.2) is 75.4 Å². The van der Waals surface area contributed by atoms with E-state index in [2.05, 4.69) is 51.0 Å². The molecule has 2 N–H and O–H groups in total. The van der Waals surface area contributed by atoms with Gasteiger partial charge in [-0.25, -0.2) is 36.9 Å². The van der Waals surface area contributed by atoms with Crippen molar-refractivity contribution in [1.82, 2.24) is 69.5 Å². The van der Waals surface area contributed by atoms with Crippen LogP contribution in [0.1, 0.15) is 62.9 Å². The van der Waals surface area contributed by atoms with Crippen LogP contribution in [0.2, 0.25) is 0 Å². The molecule has 6 aromatic heterocycles. The van der Waals surface area contributed by atoms with Gasteiger partial charge in [0.15, 0.2) is 17.3 Å². The van der Waals surface area contributed by atoms with Crippen LogP contribution in [-0.2, 0) is 13.2 Å². The van der Waals surface area contributed by atoms with E-state index in [0.717, 1.165) is 0 Å². The topological polar surface area (TPSA) is 234 Å². The third kappa shape index (κ3) is 9.49. The molecule has 0 saturated carbocycles. The molecule has 1 amide bonds. The van der Waals surface area contributed by atoms with Gasteiger partial charge in [-0.15, -0.1) is 30.6 Å². The molecule has 0 aliphatic heterocycles. The second-order valence-electron chi connectivity index (χ2n) is 12.7. The lowest BCUT2D eigenvalue weighted by Gasteiger charge is -2.09. The Kier molecular flexibility index (Phi) is 12.0. The summed E-state index contributed by atoms with van der Waals surface area (Å²) < 4.78 is 68.6. The molecule has 0 unspecified atom stereocenters. The van der Waals surface area contributed by atoms with Gasteiger partial charge in [-0.3, -0.25) is 13.9 Å². The zero-order valence-electron chi connectivity index (χ0n) is 31.8. The van der Waals surface area contributed by atoms with Gasteiger partial charge in [-0.1, -0.05) is 34.7 Å². The van der Waals surface area contributed by atoms with Crippen LogP contribution in [0, 0.1) is 25.2 Å². The highest BCUT2D eigenvalue weighted by molar-refractivity contribution is 5.90. The first-order valence-electron chi connectivity index (χ1n) is 17.8. The van der Waals surface area contributed by atoms with E-state index in [-0.39, 0.29) is 47.5 Å². The maximum absolute atomic E-state index is 12.8. The predicted octanol–water partition coefficient (Wildman–Crippen LogP) is 5.11. The van der Waals surface area contributed by atoms with Crippen molar-refractivity contribution >= 4 is 5.91 Å². The lowest BCUT2D eigenvalue weighted by Crippen LogP contribution is -2.11. The third-order valence-electron chi connectivity index (χ3n) is 8.72. The maximum atomic E-state index is 12.8. The number of nitrogens with zero attached hydrogens (tertiary/aromatic N) is 15. The normalized spacial score (nSPS) is 11.0. The lowest BCUT2D eigenvalue weighted by atomic mass is 10.2. The Hall–Kier alpha value is -8.42. The predicted molar refractivity (Wildman–Crippen MR) is 202 cm³/mol. The SMILES string of the molecule is Cc1nnn(-c2ccc(C(F)F)cc2)c1COc1ccc(-n2cnc(C#N)c2)nn1.Cc1nnn(-c2ccc(C(F)F)cc2)c1COc1ccc(-n2cnc(C(N)=O)c2)nn1. The average molecular weight is 835 g/mol. The molecule has 19 nitrogen and oxygen atoms in total. The molecule has 0 saturated heterocycles. The summed E-state index contributed by atoms with van der Waals surface area (Å²) in [6.07, 6.45) is 0.778. The Morgan fingerprint density at radius 2 is 1.11 bits per heavy atom. The number of aromatic nitrogens is 14. The van der Waals surface area contributed by atoms with E-state index < -0.39 is 18.8 Å². The average Bonchev–Trinajstić information content (AvgIpc) is 4.10. The molecular formula is C38H30F4N16O3. The number of ether oxygens (including phenoxy) is 2. The zero-order chi connectivity index (χ0) is 43.0. The molecule has 0 aliphatic carbocycles. The second-order valence-corrected chi connectivity index (χ2v) is 12.7. The monoisotopic (exact) mass is 834 g/mol. The summed E-state index contributed by atoms with van der Waals surface area (Å²) in [7, 11) is 0. The van der Waals surface area contributed by atoms with Gasteiger partial charge < -0.3 is 15.2 Å². The number of nitrogens with two attached hydrogens (primary N) is 1. The number of primary amides is 1. The minimum atomic E-state index is -2.54.